The monoisotopic (exact) mass is 564 g/mol. The molecule has 0 fully saturated rings. The van der Waals surface area contributed by atoms with Crippen LogP contribution in [0.2, 0.25) is 0 Å². The Morgan fingerprint density at radius 2 is 1.24 bits per heavy atom. The molecule has 0 saturated carbocycles. The van der Waals surface area contributed by atoms with Crippen LogP contribution < -0.4 is 14.7 Å². The Morgan fingerprint density at radius 3 is 2.00 bits per heavy atom. The van der Waals surface area contributed by atoms with Crippen molar-refractivity contribution < 1.29 is 4.52 Å². The highest BCUT2D eigenvalue weighted by Crippen LogP contribution is 2.59. The first-order chi connectivity index (χ1) is 20.5. The van der Waals surface area contributed by atoms with Crippen LogP contribution in [0.3, 0.4) is 0 Å². The molecule has 0 aliphatic carbocycles. The molecule has 1 aliphatic heterocycles. The average Bonchev–Trinajstić information content (AvgIpc) is 3.22. The van der Waals surface area contributed by atoms with Crippen LogP contribution in [-0.2, 0) is 5.41 Å². The van der Waals surface area contributed by atoms with Gasteiger partial charge in [-0.3, -0.25) is 0 Å². The lowest BCUT2D eigenvalue weighted by atomic mass is 9.84. The minimum absolute atomic E-state index is 0.234. The molecule has 4 heteroatoms. The molecule has 1 heterocycles. The van der Waals surface area contributed by atoms with Crippen molar-refractivity contribution in [3.8, 4) is 5.75 Å². The molecular formula is C38H33N2OP. The lowest BCUT2D eigenvalue weighted by Crippen LogP contribution is -2.24. The van der Waals surface area contributed by atoms with E-state index in [1.165, 1.54) is 16.9 Å². The molecule has 6 aromatic carbocycles. The molecule has 1 atom stereocenters. The van der Waals surface area contributed by atoms with Gasteiger partial charge in [0.15, 0.2) is 7.28 Å². The Morgan fingerprint density at radius 1 is 0.643 bits per heavy atom. The summed E-state index contributed by atoms with van der Waals surface area (Å²) in [6, 6.07) is 48.8. The molecule has 0 saturated heterocycles. The SMILES string of the molecule is CN1/C(=C\[P@@](=Nc2cccc3ccccc23)(Oc2cccc3ccccc23)c2ccccc2)C(C)(C)c2ccccc21. The fourth-order valence-corrected chi connectivity index (χ4v) is 9.08. The lowest BCUT2D eigenvalue weighted by molar-refractivity contribution is 0.619. The van der Waals surface area contributed by atoms with E-state index in [-0.39, 0.29) is 5.41 Å². The van der Waals surface area contributed by atoms with Gasteiger partial charge in [-0.2, -0.15) is 0 Å². The summed E-state index contributed by atoms with van der Waals surface area (Å²) in [4.78, 5) is 2.32. The molecule has 6 aromatic rings. The molecule has 7 rings (SSSR count). The van der Waals surface area contributed by atoms with Crippen LogP contribution in [0.15, 0.2) is 156 Å². The molecular weight excluding hydrogens is 531 g/mol. The Bertz CT molecular complexity index is 2020. The van der Waals surface area contributed by atoms with Crippen molar-refractivity contribution in [1.82, 2.24) is 0 Å². The fraction of sp³-hybridized carbons (Fsp3) is 0.105. The van der Waals surface area contributed by atoms with E-state index < -0.39 is 7.28 Å². The second-order valence-corrected chi connectivity index (χ2v) is 13.7. The maximum Gasteiger partial charge on any atom is 0.191 e. The van der Waals surface area contributed by atoms with E-state index in [2.05, 4.69) is 171 Å². The Kier molecular flexibility index (Phi) is 6.49. The van der Waals surface area contributed by atoms with Crippen LogP contribution in [0.5, 0.6) is 5.75 Å². The van der Waals surface area contributed by atoms with Crippen molar-refractivity contribution in [1.29, 1.82) is 0 Å². The van der Waals surface area contributed by atoms with E-state index in [9.17, 15) is 0 Å². The van der Waals surface area contributed by atoms with Gasteiger partial charge in [-0.25, -0.2) is 4.74 Å². The van der Waals surface area contributed by atoms with Crippen molar-refractivity contribution >= 4 is 45.5 Å². The molecule has 0 N–H and O–H groups in total. The second-order valence-electron chi connectivity index (χ2n) is 11.3. The van der Waals surface area contributed by atoms with E-state index in [0.29, 0.717) is 0 Å². The van der Waals surface area contributed by atoms with Crippen LogP contribution in [0.25, 0.3) is 21.5 Å². The van der Waals surface area contributed by atoms with Gasteiger partial charge in [-0.15, -0.1) is 0 Å². The maximum absolute atomic E-state index is 7.40. The third kappa shape index (κ3) is 4.42. The minimum Gasteiger partial charge on any atom is -0.452 e. The number of nitrogens with zero attached hydrogens (tertiary/aromatic N) is 2. The third-order valence-corrected chi connectivity index (χ3v) is 11.0. The number of allylic oxidation sites excluding steroid dienone is 1. The van der Waals surface area contributed by atoms with E-state index >= 15 is 0 Å². The van der Waals surface area contributed by atoms with Gasteiger partial charge in [0.2, 0.25) is 0 Å². The highest BCUT2D eigenvalue weighted by molar-refractivity contribution is 7.72. The Balaban J connectivity index is 1.58. The van der Waals surface area contributed by atoms with E-state index in [0.717, 1.165) is 38.3 Å². The summed E-state index contributed by atoms with van der Waals surface area (Å²) in [5, 5.41) is 5.56. The number of rotatable bonds is 5. The van der Waals surface area contributed by atoms with Crippen molar-refractivity contribution in [2.24, 2.45) is 4.74 Å². The summed E-state index contributed by atoms with van der Waals surface area (Å²) in [7, 11) is -0.713. The van der Waals surface area contributed by atoms with Gasteiger partial charge < -0.3 is 9.42 Å². The standard InChI is InChI=1S/C38H33N2OP/c1-38(2)33-23-11-12-25-35(33)40(3)37(38)27-42(30-19-5-4-6-20-30,39-34-24-13-17-28-15-7-9-21-31(28)34)41-36-26-14-18-29-16-8-10-22-32(29)36/h4-27H,1-3H3/b37-27-/t42-/m1/s1. The highest BCUT2D eigenvalue weighted by atomic mass is 31.2. The van der Waals surface area contributed by atoms with Gasteiger partial charge in [-0.1, -0.05) is 123 Å². The van der Waals surface area contributed by atoms with Crippen LogP contribution in [0.4, 0.5) is 11.4 Å². The van der Waals surface area contributed by atoms with Crippen LogP contribution in [0, 0.1) is 0 Å². The number of anilines is 1. The number of hydrogen-bond donors (Lipinski definition) is 0. The predicted octanol–water partition coefficient (Wildman–Crippen LogP) is 10.4. The largest absolute Gasteiger partial charge is 0.452 e. The highest BCUT2D eigenvalue weighted by Gasteiger charge is 2.40. The minimum atomic E-state index is -2.87. The number of likely N-dealkylation sites (N-methyl/N-ethyl adjacent to an activating group) is 1. The van der Waals surface area contributed by atoms with E-state index in [1.807, 2.05) is 0 Å². The van der Waals surface area contributed by atoms with Gasteiger partial charge in [0, 0.05) is 45.7 Å². The van der Waals surface area contributed by atoms with Crippen molar-refractivity contribution in [3.05, 3.63) is 157 Å². The summed E-state index contributed by atoms with van der Waals surface area (Å²) in [5.41, 5.74) is 4.40. The summed E-state index contributed by atoms with van der Waals surface area (Å²) in [6.45, 7) is 4.60. The molecule has 0 unspecified atom stereocenters. The molecule has 0 aromatic heterocycles. The first-order valence-corrected chi connectivity index (χ1v) is 16.1. The van der Waals surface area contributed by atoms with Crippen LogP contribution in [-0.4, -0.2) is 7.05 Å². The van der Waals surface area contributed by atoms with Gasteiger partial charge in [0.05, 0.1) is 5.69 Å². The number of fused-ring (bicyclic) bond motifs is 3. The Labute approximate surface area is 247 Å². The van der Waals surface area contributed by atoms with Gasteiger partial charge in [0.25, 0.3) is 0 Å². The topological polar surface area (TPSA) is 24.8 Å². The summed E-state index contributed by atoms with van der Waals surface area (Å²) >= 11 is 0. The molecule has 0 bridgehead atoms. The maximum atomic E-state index is 7.40. The zero-order valence-electron chi connectivity index (χ0n) is 24.1. The Hall–Kier alpha value is -4.59. The summed E-state index contributed by atoms with van der Waals surface area (Å²) < 4.78 is 13.1. The van der Waals surface area contributed by atoms with Crippen molar-refractivity contribution in [2.75, 3.05) is 11.9 Å². The predicted molar refractivity (Wildman–Crippen MR) is 180 cm³/mol. The van der Waals surface area contributed by atoms with Gasteiger partial charge in [-0.05, 0) is 46.7 Å². The zero-order valence-corrected chi connectivity index (χ0v) is 25.0. The normalized spacial score (nSPS) is 16.4. The zero-order chi connectivity index (χ0) is 28.7. The molecule has 1 aliphatic rings. The quantitative estimate of drug-likeness (QED) is 0.195. The first kappa shape index (κ1) is 26.3. The van der Waals surface area contributed by atoms with E-state index in [1.54, 1.807) is 0 Å². The average molecular weight is 565 g/mol. The van der Waals surface area contributed by atoms with E-state index in [4.69, 9.17) is 9.27 Å². The number of benzene rings is 6. The van der Waals surface area contributed by atoms with Gasteiger partial charge in [0.1, 0.15) is 5.75 Å². The molecule has 0 radical (unpaired) electrons. The molecule has 0 amide bonds. The van der Waals surface area contributed by atoms with Crippen LogP contribution in [0.1, 0.15) is 19.4 Å². The number of hydrogen-bond acceptors (Lipinski definition) is 3. The fourth-order valence-electron chi connectivity index (χ4n) is 6.18. The summed E-state index contributed by atoms with van der Waals surface area (Å²) in [6.07, 6.45) is 0. The molecule has 42 heavy (non-hydrogen) atoms. The smallest absolute Gasteiger partial charge is 0.191 e. The first-order valence-electron chi connectivity index (χ1n) is 14.4. The van der Waals surface area contributed by atoms with Gasteiger partial charge >= 0.3 is 0 Å². The molecule has 3 nitrogen and oxygen atoms in total. The summed E-state index contributed by atoms with van der Waals surface area (Å²) in [5.74, 6) is 3.19. The van der Waals surface area contributed by atoms with Crippen molar-refractivity contribution in [3.63, 3.8) is 0 Å². The molecule has 0 spiro atoms. The second kappa shape index (κ2) is 10.4. The number of para-hydroxylation sites is 1. The lowest BCUT2D eigenvalue weighted by Gasteiger charge is -2.30. The van der Waals surface area contributed by atoms with Crippen LogP contribution >= 0.6 is 7.28 Å². The third-order valence-electron chi connectivity index (χ3n) is 8.37. The molecule has 206 valence electrons. The van der Waals surface area contributed by atoms with Crippen molar-refractivity contribution in [2.45, 2.75) is 19.3 Å².